The van der Waals surface area contributed by atoms with E-state index in [0.717, 1.165) is 31.6 Å². The Kier molecular flexibility index (Phi) is 5.08. The van der Waals surface area contributed by atoms with E-state index in [1.807, 2.05) is 6.92 Å². The Morgan fingerprint density at radius 3 is 2.67 bits per heavy atom. The van der Waals surface area contributed by atoms with Gasteiger partial charge in [-0.15, -0.1) is 0 Å². The number of benzene rings is 1. The number of piperidine rings is 1. The van der Waals surface area contributed by atoms with Gasteiger partial charge in [-0.3, -0.25) is 9.48 Å². The predicted molar refractivity (Wildman–Crippen MR) is 89.0 cm³/mol. The summed E-state index contributed by atoms with van der Waals surface area (Å²) in [5, 5.41) is 7.15. The number of halogens is 1. The molecule has 1 saturated heterocycles. The fourth-order valence-electron chi connectivity index (χ4n) is 2.97. The van der Waals surface area contributed by atoms with Crippen molar-refractivity contribution < 1.29 is 9.18 Å². The highest BCUT2D eigenvalue weighted by Gasteiger charge is 2.23. The van der Waals surface area contributed by atoms with Crippen LogP contribution < -0.4 is 10.2 Å². The fourth-order valence-corrected chi connectivity index (χ4v) is 2.97. The number of amides is 1. The Balaban J connectivity index is 1.46. The minimum absolute atomic E-state index is 0.0470. The molecule has 1 atom stereocenters. The largest absolute Gasteiger partial charge is 0.371 e. The Morgan fingerprint density at radius 2 is 2.04 bits per heavy atom. The molecular weight excluding hydrogens is 309 g/mol. The summed E-state index contributed by atoms with van der Waals surface area (Å²) in [6, 6.07) is 6.75. The molecule has 1 N–H and O–H groups in total. The van der Waals surface area contributed by atoms with Crippen molar-refractivity contribution in [3.8, 4) is 0 Å². The van der Waals surface area contributed by atoms with Gasteiger partial charge in [0, 0.05) is 24.8 Å². The van der Waals surface area contributed by atoms with Crippen LogP contribution in [0.15, 0.2) is 36.9 Å². The summed E-state index contributed by atoms with van der Waals surface area (Å²) in [4.78, 5) is 18.4. The molecule has 128 valence electrons. The second kappa shape index (κ2) is 7.42. The van der Waals surface area contributed by atoms with Gasteiger partial charge in [0.05, 0.1) is 12.5 Å². The first-order chi connectivity index (χ1) is 11.6. The first kappa shape index (κ1) is 16.4. The third-order valence-electron chi connectivity index (χ3n) is 4.41. The predicted octanol–water partition coefficient (Wildman–Crippen LogP) is 1.84. The number of carbonyl (C=O) groups is 1. The standard InChI is InChI=1S/C17H22FN5O/c1-13(10-23-12-19-11-20-23)17(24)21-15-6-8-22(9-7-15)16-4-2-14(18)3-5-16/h2-5,11-13,15H,6-10H2,1H3,(H,21,24). The quantitative estimate of drug-likeness (QED) is 0.908. The summed E-state index contributed by atoms with van der Waals surface area (Å²) < 4.78 is 14.7. The van der Waals surface area contributed by atoms with E-state index in [9.17, 15) is 9.18 Å². The highest BCUT2D eigenvalue weighted by Crippen LogP contribution is 2.20. The number of hydrogen-bond donors (Lipinski definition) is 1. The molecule has 1 fully saturated rings. The number of nitrogens with zero attached hydrogens (tertiary/aromatic N) is 4. The monoisotopic (exact) mass is 331 g/mol. The lowest BCUT2D eigenvalue weighted by molar-refractivity contribution is -0.125. The van der Waals surface area contributed by atoms with E-state index in [4.69, 9.17) is 0 Å². The van der Waals surface area contributed by atoms with Gasteiger partial charge < -0.3 is 10.2 Å². The second-order valence-corrected chi connectivity index (χ2v) is 6.26. The molecule has 1 aliphatic heterocycles. The van der Waals surface area contributed by atoms with Crippen molar-refractivity contribution in [1.82, 2.24) is 20.1 Å². The topological polar surface area (TPSA) is 63.1 Å². The van der Waals surface area contributed by atoms with Crippen LogP contribution in [0.5, 0.6) is 0 Å². The smallest absolute Gasteiger partial charge is 0.224 e. The first-order valence-electron chi connectivity index (χ1n) is 8.25. The summed E-state index contributed by atoms with van der Waals surface area (Å²) >= 11 is 0. The zero-order valence-electron chi connectivity index (χ0n) is 13.7. The zero-order valence-corrected chi connectivity index (χ0v) is 13.7. The van der Waals surface area contributed by atoms with Crippen LogP contribution in [0.2, 0.25) is 0 Å². The van der Waals surface area contributed by atoms with Crippen molar-refractivity contribution in [1.29, 1.82) is 0 Å². The Morgan fingerprint density at radius 1 is 1.33 bits per heavy atom. The molecule has 1 unspecified atom stereocenters. The summed E-state index contributed by atoms with van der Waals surface area (Å²) in [6.07, 6.45) is 4.86. The van der Waals surface area contributed by atoms with Gasteiger partial charge in [0.25, 0.3) is 0 Å². The molecule has 0 radical (unpaired) electrons. The van der Waals surface area contributed by atoms with Gasteiger partial charge in [-0.2, -0.15) is 5.10 Å². The third kappa shape index (κ3) is 4.10. The Bertz CT molecular complexity index is 650. The van der Waals surface area contributed by atoms with E-state index < -0.39 is 0 Å². The number of rotatable bonds is 5. The van der Waals surface area contributed by atoms with Crippen LogP contribution in [0.3, 0.4) is 0 Å². The number of carbonyl (C=O) groups excluding carboxylic acids is 1. The second-order valence-electron chi connectivity index (χ2n) is 6.26. The number of anilines is 1. The van der Waals surface area contributed by atoms with Gasteiger partial charge in [0.2, 0.25) is 5.91 Å². The summed E-state index contributed by atoms with van der Waals surface area (Å²) in [7, 11) is 0. The maximum Gasteiger partial charge on any atom is 0.224 e. The van der Waals surface area contributed by atoms with Crippen LogP contribution in [0.25, 0.3) is 0 Å². The number of hydrogen-bond acceptors (Lipinski definition) is 4. The molecule has 6 nitrogen and oxygen atoms in total. The molecule has 24 heavy (non-hydrogen) atoms. The Labute approximate surface area is 140 Å². The van der Waals surface area contributed by atoms with Crippen molar-refractivity contribution >= 4 is 11.6 Å². The minimum Gasteiger partial charge on any atom is -0.371 e. The maximum atomic E-state index is 13.0. The van der Waals surface area contributed by atoms with Gasteiger partial charge in [-0.25, -0.2) is 9.37 Å². The van der Waals surface area contributed by atoms with Crippen LogP contribution in [0.4, 0.5) is 10.1 Å². The summed E-state index contributed by atoms with van der Waals surface area (Å²) in [5.41, 5.74) is 1.03. The van der Waals surface area contributed by atoms with E-state index in [1.165, 1.54) is 18.5 Å². The van der Waals surface area contributed by atoms with Gasteiger partial charge in [-0.05, 0) is 37.1 Å². The average molecular weight is 331 g/mol. The van der Waals surface area contributed by atoms with Crippen LogP contribution in [-0.4, -0.2) is 39.8 Å². The molecule has 1 aliphatic rings. The first-order valence-corrected chi connectivity index (χ1v) is 8.25. The highest BCUT2D eigenvalue weighted by atomic mass is 19.1. The minimum atomic E-state index is -0.220. The van der Waals surface area contributed by atoms with Crippen LogP contribution >= 0.6 is 0 Å². The van der Waals surface area contributed by atoms with Crippen LogP contribution in [-0.2, 0) is 11.3 Å². The third-order valence-corrected chi connectivity index (χ3v) is 4.41. The summed E-state index contributed by atoms with van der Waals surface area (Å²) in [5.74, 6) is -0.324. The lowest BCUT2D eigenvalue weighted by Crippen LogP contribution is -2.46. The lowest BCUT2D eigenvalue weighted by atomic mass is 10.0. The van der Waals surface area contributed by atoms with Crippen molar-refractivity contribution in [2.75, 3.05) is 18.0 Å². The van der Waals surface area contributed by atoms with E-state index in [0.29, 0.717) is 6.54 Å². The number of aromatic nitrogens is 3. The normalized spacial score (nSPS) is 16.8. The zero-order chi connectivity index (χ0) is 16.9. The molecule has 0 saturated carbocycles. The van der Waals surface area contributed by atoms with Crippen LogP contribution in [0, 0.1) is 11.7 Å². The van der Waals surface area contributed by atoms with Gasteiger partial charge in [-0.1, -0.05) is 6.92 Å². The molecular formula is C17H22FN5O. The van der Waals surface area contributed by atoms with E-state index >= 15 is 0 Å². The van der Waals surface area contributed by atoms with E-state index in [2.05, 4.69) is 20.3 Å². The number of nitrogens with one attached hydrogen (secondary N) is 1. The van der Waals surface area contributed by atoms with Crippen LogP contribution in [0.1, 0.15) is 19.8 Å². The van der Waals surface area contributed by atoms with Crippen molar-refractivity contribution in [3.05, 3.63) is 42.7 Å². The highest BCUT2D eigenvalue weighted by molar-refractivity contribution is 5.78. The van der Waals surface area contributed by atoms with Crippen molar-refractivity contribution in [2.24, 2.45) is 5.92 Å². The maximum absolute atomic E-state index is 13.0. The summed E-state index contributed by atoms with van der Waals surface area (Å²) in [6.45, 7) is 4.13. The molecule has 1 amide bonds. The molecule has 3 rings (SSSR count). The van der Waals surface area contributed by atoms with E-state index in [1.54, 1.807) is 23.1 Å². The fraction of sp³-hybridized carbons (Fsp3) is 0.471. The van der Waals surface area contributed by atoms with Gasteiger partial charge >= 0.3 is 0 Å². The molecule has 1 aromatic heterocycles. The molecule has 0 spiro atoms. The SMILES string of the molecule is CC(Cn1cncn1)C(=O)NC1CCN(c2ccc(F)cc2)CC1. The molecule has 1 aromatic carbocycles. The van der Waals surface area contributed by atoms with E-state index in [-0.39, 0.29) is 23.7 Å². The van der Waals surface area contributed by atoms with Crippen molar-refractivity contribution in [3.63, 3.8) is 0 Å². The average Bonchev–Trinajstić information content (AvgIpc) is 3.09. The lowest BCUT2D eigenvalue weighted by Gasteiger charge is -2.34. The molecule has 2 heterocycles. The Hall–Kier alpha value is -2.44. The molecule has 0 aliphatic carbocycles. The van der Waals surface area contributed by atoms with Gasteiger partial charge in [0.1, 0.15) is 18.5 Å². The van der Waals surface area contributed by atoms with Crippen molar-refractivity contribution in [2.45, 2.75) is 32.4 Å². The van der Waals surface area contributed by atoms with Gasteiger partial charge in [0.15, 0.2) is 0 Å². The molecule has 0 bridgehead atoms. The molecule has 2 aromatic rings. The molecule has 7 heteroatoms.